The van der Waals surface area contributed by atoms with Crippen molar-refractivity contribution in [2.45, 2.75) is 177 Å². The molecule has 0 aromatic rings. The van der Waals surface area contributed by atoms with Gasteiger partial charge in [-0.2, -0.15) is 0 Å². The molecule has 0 aromatic heterocycles. The molecule has 2 unspecified atom stereocenters. The van der Waals surface area contributed by atoms with Crippen LogP contribution in [0.1, 0.15) is 79.1 Å². The molecule has 3 heterocycles. The Hall–Kier alpha value is -1.19. The average Bonchev–Trinajstić information content (AvgIpc) is 3.52. The number of ketones is 1. The third kappa shape index (κ3) is 7.28. The lowest BCUT2D eigenvalue weighted by atomic mass is 9.44. The number of rotatable bonds is 9. The Labute approximate surface area is 321 Å². The van der Waals surface area contributed by atoms with Gasteiger partial charge < -0.3 is 74.4 Å². The van der Waals surface area contributed by atoms with Crippen molar-refractivity contribution in [2.75, 3.05) is 13.2 Å². The number of aliphatic hydroxyl groups is 9. The number of fused-ring (bicyclic) bond motifs is 5. The fourth-order valence-electron chi connectivity index (χ4n) is 11.7. The summed E-state index contributed by atoms with van der Waals surface area (Å²) in [6, 6.07) is 0. The first-order valence-corrected chi connectivity index (χ1v) is 20.2. The summed E-state index contributed by atoms with van der Waals surface area (Å²) in [5.41, 5.74) is 0.986. The van der Waals surface area contributed by atoms with E-state index in [2.05, 4.69) is 19.9 Å². The van der Waals surface area contributed by atoms with Gasteiger partial charge in [0.2, 0.25) is 0 Å². The summed E-state index contributed by atoms with van der Waals surface area (Å²) in [6.45, 7) is 6.44. The molecule has 7 aliphatic rings. The lowest BCUT2D eigenvalue weighted by Crippen LogP contribution is -2.67. The summed E-state index contributed by atoms with van der Waals surface area (Å²) >= 11 is 0. The van der Waals surface area contributed by atoms with Gasteiger partial charge in [0.15, 0.2) is 24.7 Å². The molecule has 0 bridgehead atoms. The summed E-state index contributed by atoms with van der Waals surface area (Å²) in [5.74, 6) is 2.00. The molecule has 3 saturated heterocycles. The van der Waals surface area contributed by atoms with Crippen LogP contribution < -0.4 is 0 Å². The van der Waals surface area contributed by atoms with Crippen molar-refractivity contribution < 1.29 is 79.2 Å². The number of ether oxygens (including phenoxy) is 6. The molecular weight excluding hydrogens is 724 g/mol. The van der Waals surface area contributed by atoms with Crippen molar-refractivity contribution in [3.8, 4) is 0 Å². The van der Waals surface area contributed by atoms with Gasteiger partial charge in [0.25, 0.3) is 0 Å². The fraction of sp³-hybridized carbons (Fsp3) is 0.923. The molecule has 16 nitrogen and oxygen atoms in total. The largest absolute Gasteiger partial charge is 0.394 e. The first-order chi connectivity index (χ1) is 26.0. The summed E-state index contributed by atoms with van der Waals surface area (Å²) in [7, 11) is 0. The summed E-state index contributed by atoms with van der Waals surface area (Å²) in [6.07, 6.45) is -13.7. The van der Waals surface area contributed by atoms with Crippen molar-refractivity contribution in [1.29, 1.82) is 0 Å². The van der Waals surface area contributed by atoms with E-state index in [0.29, 0.717) is 36.5 Å². The summed E-state index contributed by atoms with van der Waals surface area (Å²) < 4.78 is 36.1. The smallest absolute Gasteiger partial charge is 0.187 e. The van der Waals surface area contributed by atoms with Gasteiger partial charge in [-0.15, -0.1) is 0 Å². The lowest BCUT2D eigenvalue weighted by molar-refractivity contribution is -0.391. The molecule has 3 saturated carbocycles. The molecule has 16 heteroatoms. The second-order valence-electron chi connectivity index (χ2n) is 17.9. The predicted molar refractivity (Wildman–Crippen MR) is 188 cm³/mol. The van der Waals surface area contributed by atoms with Crippen LogP contribution in [0.2, 0.25) is 0 Å². The Morgan fingerprint density at radius 2 is 1.35 bits per heavy atom. The standard InChI is InChI=1S/C39H62O16/c1-16(42)21-7-8-22-20-6-5-18-13-19(9-11-38(18,3)23(20)10-12-39(21,22)4)51-37-34(55-36-31(48)29(46)27(44)24(14-40)52-36)32(49)33(25(15-41)53-37)54-35-30(47)28(45)26(43)17(2)50-35/h7,17-20,22-37,40-41,43-49H,5-6,8-15H2,1-4H3/t17-,18+,19-,20-,22?,23?,24+,25+,26-,27+,28+,29-,30+,31+,32-,33+,34+,35-,36-,37+,38-,39+/m0/s1. The highest BCUT2D eigenvalue weighted by Gasteiger charge is 2.60. The van der Waals surface area contributed by atoms with Gasteiger partial charge in [-0.25, -0.2) is 0 Å². The number of Topliss-reactive ketones (excluding diaryl/α,β-unsaturated/α-hetero) is 1. The highest BCUT2D eigenvalue weighted by atomic mass is 16.8. The molecule has 7 rings (SSSR count). The van der Waals surface area contributed by atoms with Crippen LogP contribution >= 0.6 is 0 Å². The number of carbonyl (C=O) groups is 1. The van der Waals surface area contributed by atoms with E-state index in [1.54, 1.807) is 6.92 Å². The van der Waals surface area contributed by atoms with E-state index in [1.165, 1.54) is 6.92 Å². The summed E-state index contributed by atoms with van der Waals surface area (Å²) in [4.78, 5) is 12.6. The molecule has 0 aromatic carbocycles. The SMILES string of the molecule is CC(=O)C1=CCC2[C@@H]3CC[C@@H]4C[C@@H](O[C@@H]5O[C@H](CO)[C@@H](O[C@@H]6O[C@@H](C)[C@H](O)[C@@H](O)[C@H]6O)[C@H](O)[C@H]5O[C@@H]5O[C@H](CO)[C@@H](O)[C@H](O)[C@H]5O)CC[C@]4(C)C3CC[C@]12C. The zero-order valence-electron chi connectivity index (χ0n) is 32.1. The monoisotopic (exact) mass is 786 g/mol. The molecule has 314 valence electrons. The molecule has 4 aliphatic carbocycles. The lowest BCUT2D eigenvalue weighted by Gasteiger charge is -2.61. The third-order valence-corrected chi connectivity index (χ3v) is 14.9. The number of hydrogen-bond acceptors (Lipinski definition) is 16. The second kappa shape index (κ2) is 16.1. The van der Waals surface area contributed by atoms with Crippen LogP contribution in [0.4, 0.5) is 0 Å². The zero-order chi connectivity index (χ0) is 39.7. The predicted octanol–water partition coefficient (Wildman–Crippen LogP) is -0.984. The molecular formula is C39H62O16. The first kappa shape index (κ1) is 42.0. The topological polar surface area (TPSA) is 255 Å². The molecule has 0 amide bonds. The quantitative estimate of drug-likeness (QED) is 0.127. The van der Waals surface area contributed by atoms with E-state index >= 15 is 0 Å². The minimum Gasteiger partial charge on any atom is -0.394 e. The van der Waals surface area contributed by atoms with E-state index in [-0.39, 0.29) is 22.7 Å². The number of aliphatic hydroxyl groups excluding tert-OH is 9. The highest BCUT2D eigenvalue weighted by Crippen LogP contribution is 2.66. The number of carbonyl (C=O) groups excluding carboxylic acids is 1. The Balaban J connectivity index is 1.09. The Morgan fingerprint density at radius 1 is 0.709 bits per heavy atom. The third-order valence-electron chi connectivity index (χ3n) is 14.9. The maximum atomic E-state index is 12.6. The van der Waals surface area contributed by atoms with Gasteiger partial charge in [-0.05, 0) is 105 Å². The van der Waals surface area contributed by atoms with Crippen LogP contribution in [0.5, 0.6) is 0 Å². The second-order valence-corrected chi connectivity index (χ2v) is 17.9. The molecule has 3 aliphatic heterocycles. The fourth-order valence-corrected chi connectivity index (χ4v) is 11.7. The van der Waals surface area contributed by atoms with Gasteiger partial charge in [-0.3, -0.25) is 4.79 Å². The normalized spacial score (nSPS) is 54.2. The van der Waals surface area contributed by atoms with Crippen molar-refractivity contribution in [2.24, 2.45) is 34.5 Å². The maximum Gasteiger partial charge on any atom is 0.187 e. The van der Waals surface area contributed by atoms with Crippen LogP contribution in [-0.4, -0.2) is 163 Å². The van der Waals surface area contributed by atoms with Crippen LogP contribution in [0.25, 0.3) is 0 Å². The van der Waals surface area contributed by atoms with Crippen molar-refractivity contribution in [3.05, 3.63) is 11.6 Å². The van der Waals surface area contributed by atoms with Gasteiger partial charge in [0.05, 0.1) is 25.4 Å². The van der Waals surface area contributed by atoms with Crippen LogP contribution in [0.15, 0.2) is 11.6 Å². The van der Waals surface area contributed by atoms with Gasteiger partial charge in [0, 0.05) is 0 Å². The maximum absolute atomic E-state index is 12.6. The summed E-state index contributed by atoms with van der Waals surface area (Å²) in [5, 5.41) is 95.1. The van der Waals surface area contributed by atoms with E-state index < -0.39 is 105 Å². The Kier molecular flexibility index (Phi) is 12.3. The zero-order valence-corrected chi connectivity index (χ0v) is 32.1. The van der Waals surface area contributed by atoms with E-state index in [1.807, 2.05) is 0 Å². The number of allylic oxidation sites excluding steroid dienone is 2. The van der Waals surface area contributed by atoms with Crippen molar-refractivity contribution in [1.82, 2.24) is 0 Å². The minimum atomic E-state index is -1.81. The van der Waals surface area contributed by atoms with Crippen molar-refractivity contribution in [3.63, 3.8) is 0 Å². The Bertz CT molecular complexity index is 1400. The van der Waals surface area contributed by atoms with Crippen molar-refractivity contribution >= 4 is 5.78 Å². The average molecular weight is 787 g/mol. The molecule has 9 N–H and O–H groups in total. The highest BCUT2D eigenvalue weighted by molar-refractivity contribution is 5.95. The Morgan fingerprint density at radius 3 is 2.02 bits per heavy atom. The van der Waals surface area contributed by atoms with Gasteiger partial charge >= 0.3 is 0 Å². The van der Waals surface area contributed by atoms with E-state index in [0.717, 1.165) is 44.1 Å². The molecule has 55 heavy (non-hydrogen) atoms. The minimum absolute atomic E-state index is 0.0604. The molecule has 6 fully saturated rings. The number of hydrogen-bond donors (Lipinski definition) is 9. The van der Waals surface area contributed by atoms with Crippen LogP contribution in [0, 0.1) is 34.5 Å². The first-order valence-electron chi connectivity index (χ1n) is 20.2. The van der Waals surface area contributed by atoms with Crippen LogP contribution in [0.3, 0.4) is 0 Å². The molecule has 22 atom stereocenters. The molecule has 0 radical (unpaired) electrons. The molecule has 0 spiro atoms. The van der Waals surface area contributed by atoms with E-state index in [4.69, 9.17) is 28.4 Å². The van der Waals surface area contributed by atoms with Gasteiger partial charge in [0.1, 0.15) is 67.1 Å². The van der Waals surface area contributed by atoms with Crippen LogP contribution in [-0.2, 0) is 33.2 Å². The van der Waals surface area contributed by atoms with Gasteiger partial charge in [-0.1, -0.05) is 19.9 Å². The van der Waals surface area contributed by atoms with E-state index in [9.17, 15) is 50.8 Å².